The molecular formula is C12H11NO3. The summed E-state index contributed by atoms with van der Waals surface area (Å²) < 4.78 is 5.29. The van der Waals surface area contributed by atoms with E-state index >= 15 is 0 Å². The van der Waals surface area contributed by atoms with Crippen LogP contribution in [0, 0.1) is 6.92 Å². The Bertz CT molecular complexity index is 502. The van der Waals surface area contributed by atoms with E-state index in [0.29, 0.717) is 11.5 Å². The van der Waals surface area contributed by atoms with E-state index in [1.54, 1.807) is 6.92 Å². The molecule has 0 aliphatic heterocycles. The highest BCUT2D eigenvalue weighted by Gasteiger charge is 2.13. The molecule has 82 valence electrons. The molecule has 0 bridgehead atoms. The van der Waals surface area contributed by atoms with Gasteiger partial charge in [0.15, 0.2) is 0 Å². The van der Waals surface area contributed by atoms with Crippen molar-refractivity contribution in [1.29, 1.82) is 0 Å². The zero-order valence-electron chi connectivity index (χ0n) is 8.80. The minimum absolute atomic E-state index is 0.187. The highest BCUT2D eigenvalue weighted by molar-refractivity contribution is 5.69. The summed E-state index contributed by atoms with van der Waals surface area (Å²) in [5.41, 5.74) is 1.64. The average molecular weight is 217 g/mol. The third kappa shape index (κ3) is 2.11. The van der Waals surface area contributed by atoms with Crippen molar-refractivity contribution in [1.82, 2.24) is 4.98 Å². The van der Waals surface area contributed by atoms with Crippen LogP contribution in [0.1, 0.15) is 11.7 Å². The topological polar surface area (TPSA) is 63.3 Å². The number of carboxylic acid groups (broad SMARTS) is 1. The van der Waals surface area contributed by atoms with Gasteiger partial charge in [-0.2, -0.15) is 0 Å². The molecule has 0 unspecified atom stereocenters. The van der Waals surface area contributed by atoms with Crippen LogP contribution in [0.25, 0.3) is 11.3 Å². The van der Waals surface area contributed by atoms with Gasteiger partial charge >= 0.3 is 5.97 Å². The number of aliphatic carboxylic acids is 1. The maximum atomic E-state index is 10.5. The minimum atomic E-state index is -0.944. The summed E-state index contributed by atoms with van der Waals surface area (Å²) in [5, 5.41) is 8.64. The van der Waals surface area contributed by atoms with Gasteiger partial charge in [0.1, 0.15) is 17.9 Å². The van der Waals surface area contributed by atoms with Crippen LogP contribution < -0.4 is 0 Å². The first-order valence-electron chi connectivity index (χ1n) is 4.90. The van der Waals surface area contributed by atoms with Gasteiger partial charge in [0.2, 0.25) is 5.89 Å². The monoisotopic (exact) mass is 217 g/mol. The number of carboxylic acids is 1. The number of oxazole rings is 1. The third-order valence-electron chi connectivity index (χ3n) is 2.19. The molecule has 1 heterocycles. The predicted octanol–water partition coefficient (Wildman–Crippen LogP) is 2.28. The number of nitrogens with zero attached hydrogens (tertiary/aromatic N) is 1. The molecule has 1 N–H and O–H groups in total. The molecule has 0 aliphatic carbocycles. The van der Waals surface area contributed by atoms with Gasteiger partial charge in [-0.15, -0.1) is 0 Å². The van der Waals surface area contributed by atoms with Gasteiger partial charge in [-0.1, -0.05) is 30.3 Å². The lowest BCUT2D eigenvalue weighted by Gasteiger charge is -1.94. The lowest BCUT2D eigenvalue weighted by molar-refractivity contribution is -0.136. The van der Waals surface area contributed by atoms with Crippen molar-refractivity contribution in [2.45, 2.75) is 13.3 Å². The highest BCUT2D eigenvalue weighted by atomic mass is 16.4. The molecule has 0 aliphatic rings. The molecule has 1 aromatic carbocycles. The number of benzene rings is 1. The molecule has 0 atom stereocenters. The molecule has 0 fully saturated rings. The summed E-state index contributed by atoms with van der Waals surface area (Å²) in [6, 6.07) is 9.54. The summed E-state index contributed by atoms with van der Waals surface area (Å²) >= 11 is 0. The van der Waals surface area contributed by atoms with Crippen molar-refractivity contribution in [3.63, 3.8) is 0 Å². The van der Waals surface area contributed by atoms with Crippen molar-refractivity contribution < 1.29 is 14.3 Å². The van der Waals surface area contributed by atoms with Gasteiger partial charge in [-0.3, -0.25) is 4.79 Å². The quantitative estimate of drug-likeness (QED) is 0.856. The second-order valence-corrected chi connectivity index (χ2v) is 3.45. The van der Waals surface area contributed by atoms with Crippen LogP contribution in [0.5, 0.6) is 0 Å². The standard InChI is InChI=1S/C12H11NO3/c1-8-12(9-5-3-2-4-6-9)13-10(16-8)7-11(14)15/h2-6H,7H2,1H3,(H,14,15). The minimum Gasteiger partial charge on any atom is -0.481 e. The summed E-state index contributed by atoms with van der Waals surface area (Å²) in [7, 11) is 0. The lowest BCUT2D eigenvalue weighted by atomic mass is 10.1. The smallest absolute Gasteiger partial charge is 0.312 e. The molecule has 4 heteroatoms. The summed E-state index contributed by atoms with van der Waals surface area (Å²) in [6.07, 6.45) is -0.187. The van der Waals surface area contributed by atoms with Crippen molar-refractivity contribution in [3.8, 4) is 11.3 Å². The Hall–Kier alpha value is -2.10. The van der Waals surface area contributed by atoms with Crippen molar-refractivity contribution in [2.24, 2.45) is 0 Å². The zero-order valence-corrected chi connectivity index (χ0v) is 8.80. The molecule has 0 saturated carbocycles. The number of aromatic nitrogens is 1. The molecule has 2 rings (SSSR count). The molecule has 2 aromatic rings. The van der Waals surface area contributed by atoms with Crippen LogP contribution in [-0.2, 0) is 11.2 Å². The van der Waals surface area contributed by atoms with Crippen LogP contribution in [0.3, 0.4) is 0 Å². The molecule has 16 heavy (non-hydrogen) atoms. The van der Waals surface area contributed by atoms with Gasteiger partial charge in [-0.25, -0.2) is 4.98 Å². The Morgan fingerprint density at radius 3 is 2.69 bits per heavy atom. The van der Waals surface area contributed by atoms with E-state index in [9.17, 15) is 4.79 Å². The van der Waals surface area contributed by atoms with Crippen molar-refractivity contribution >= 4 is 5.97 Å². The second-order valence-electron chi connectivity index (χ2n) is 3.45. The summed E-state index contributed by atoms with van der Waals surface area (Å²) in [4.78, 5) is 14.7. The lowest BCUT2D eigenvalue weighted by Crippen LogP contribution is -1.99. The fourth-order valence-electron chi connectivity index (χ4n) is 1.52. The van der Waals surface area contributed by atoms with Crippen molar-refractivity contribution in [2.75, 3.05) is 0 Å². The molecular weight excluding hydrogens is 206 g/mol. The second kappa shape index (κ2) is 4.18. The fourth-order valence-corrected chi connectivity index (χ4v) is 1.52. The highest BCUT2D eigenvalue weighted by Crippen LogP contribution is 2.22. The van der Waals surface area contributed by atoms with Gasteiger partial charge < -0.3 is 9.52 Å². The van der Waals surface area contributed by atoms with Crippen LogP contribution in [-0.4, -0.2) is 16.1 Å². The molecule has 0 amide bonds. The van der Waals surface area contributed by atoms with E-state index < -0.39 is 5.97 Å². The zero-order chi connectivity index (χ0) is 11.5. The fraction of sp³-hybridized carbons (Fsp3) is 0.167. The predicted molar refractivity (Wildman–Crippen MR) is 58.0 cm³/mol. The Balaban J connectivity index is 2.36. The Morgan fingerprint density at radius 2 is 2.06 bits per heavy atom. The largest absolute Gasteiger partial charge is 0.481 e. The van der Waals surface area contributed by atoms with Gasteiger partial charge in [0.25, 0.3) is 0 Å². The molecule has 0 radical (unpaired) electrons. The number of hydrogen-bond donors (Lipinski definition) is 1. The van der Waals surface area contributed by atoms with Gasteiger partial charge in [-0.05, 0) is 6.92 Å². The van der Waals surface area contributed by atoms with Gasteiger partial charge in [0.05, 0.1) is 0 Å². The SMILES string of the molecule is Cc1oc(CC(=O)O)nc1-c1ccccc1. The number of carbonyl (C=O) groups is 1. The maximum Gasteiger partial charge on any atom is 0.312 e. The maximum absolute atomic E-state index is 10.5. The first-order valence-corrected chi connectivity index (χ1v) is 4.90. The number of rotatable bonds is 3. The van der Waals surface area contributed by atoms with Crippen LogP contribution >= 0.6 is 0 Å². The van der Waals surface area contributed by atoms with E-state index in [2.05, 4.69) is 4.98 Å². The first kappa shape index (κ1) is 10.4. The van der Waals surface area contributed by atoms with E-state index in [0.717, 1.165) is 5.56 Å². The molecule has 4 nitrogen and oxygen atoms in total. The average Bonchev–Trinajstić information content (AvgIpc) is 2.60. The van der Waals surface area contributed by atoms with Crippen LogP contribution in [0.15, 0.2) is 34.7 Å². The summed E-state index contributed by atoms with van der Waals surface area (Å²) in [5.74, 6) is -0.0628. The number of aryl methyl sites for hydroxylation is 1. The Morgan fingerprint density at radius 1 is 1.38 bits per heavy atom. The molecule has 1 aromatic heterocycles. The van der Waals surface area contributed by atoms with Gasteiger partial charge in [0, 0.05) is 5.56 Å². The van der Waals surface area contributed by atoms with Crippen LogP contribution in [0.4, 0.5) is 0 Å². The van der Waals surface area contributed by atoms with E-state index in [1.165, 1.54) is 0 Å². The van der Waals surface area contributed by atoms with E-state index in [1.807, 2.05) is 30.3 Å². The van der Waals surface area contributed by atoms with Crippen LogP contribution in [0.2, 0.25) is 0 Å². The molecule has 0 spiro atoms. The first-order chi connectivity index (χ1) is 7.66. The van der Waals surface area contributed by atoms with E-state index in [4.69, 9.17) is 9.52 Å². The summed E-state index contributed by atoms with van der Waals surface area (Å²) in [6.45, 7) is 1.78. The van der Waals surface area contributed by atoms with Crippen molar-refractivity contribution in [3.05, 3.63) is 42.0 Å². The van der Waals surface area contributed by atoms with E-state index in [-0.39, 0.29) is 12.3 Å². The Kier molecular flexibility index (Phi) is 2.72. The number of hydrogen-bond acceptors (Lipinski definition) is 3. The third-order valence-corrected chi connectivity index (χ3v) is 2.19. The normalized spacial score (nSPS) is 10.3. The molecule has 0 saturated heterocycles. The Labute approximate surface area is 92.6 Å².